The summed E-state index contributed by atoms with van der Waals surface area (Å²) in [6.07, 6.45) is 0. The molecule has 0 aliphatic rings. The van der Waals surface area contributed by atoms with Crippen LogP contribution in [0.1, 0.15) is 49.1 Å². The standard InChI is InChI=1S/C17H30N2/c1-7-19(8-2)10-9-18-16(6)17-12-14(4)13(3)11-15(17)5/h11-12,16,18H,7-10H2,1-6H3. The first-order valence-electron chi connectivity index (χ1n) is 7.53. The summed E-state index contributed by atoms with van der Waals surface area (Å²) in [5.74, 6) is 0. The summed E-state index contributed by atoms with van der Waals surface area (Å²) in [5, 5.41) is 3.64. The summed E-state index contributed by atoms with van der Waals surface area (Å²) >= 11 is 0. The van der Waals surface area contributed by atoms with Gasteiger partial charge in [0.1, 0.15) is 0 Å². The van der Waals surface area contributed by atoms with Crippen molar-refractivity contribution in [3.05, 3.63) is 34.4 Å². The third kappa shape index (κ3) is 4.63. The summed E-state index contributed by atoms with van der Waals surface area (Å²) in [7, 11) is 0. The average molecular weight is 262 g/mol. The van der Waals surface area contributed by atoms with Crippen LogP contribution in [0, 0.1) is 20.8 Å². The molecule has 0 heterocycles. The molecular weight excluding hydrogens is 232 g/mol. The molecule has 0 aliphatic carbocycles. The lowest BCUT2D eigenvalue weighted by atomic mass is 9.96. The van der Waals surface area contributed by atoms with Crippen molar-refractivity contribution in [1.82, 2.24) is 10.2 Å². The largest absolute Gasteiger partial charge is 0.309 e. The van der Waals surface area contributed by atoms with E-state index in [4.69, 9.17) is 0 Å². The highest BCUT2D eigenvalue weighted by molar-refractivity contribution is 5.37. The number of aryl methyl sites for hydroxylation is 3. The molecular formula is C17H30N2. The third-order valence-electron chi connectivity index (χ3n) is 4.12. The Morgan fingerprint density at radius 1 is 1.00 bits per heavy atom. The number of rotatable bonds is 7. The van der Waals surface area contributed by atoms with Crippen LogP contribution in [0.15, 0.2) is 12.1 Å². The molecule has 2 nitrogen and oxygen atoms in total. The Hall–Kier alpha value is -0.860. The van der Waals surface area contributed by atoms with Crippen LogP contribution in [0.2, 0.25) is 0 Å². The van der Waals surface area contributed by atoms with Gasteiger partial charge in [-0.25, -0.2) is 0 Å². The normalized spacial score (nSPS) is 13.0. The monoisotopic (exact) mass is 262 g/mol. The van der Waals surface area contributed by atoms with E-state index in [1.54, 1.807) is 0 Å². The Labute approximate surface area is 119 Å². The van der Waals surface area contributed by atoms with Gasteiger partial charge in [0.25, 0.3) is 0 Å². The first kappa shape index (κ1) is 16.2. The fourth-order valence-electron chi connectivity index (χ4n) is 2.54. The fourth-order valence-corrected chi connectivity index (χ4v) is 2.54. The molecule has 1 unspecified atom stereocenters. The van der Waals surface area contributed by atoms with Gasteiger partial charge in [-0.1, -0.05) is 26.0 Å². The molecule has 0 spiro atoms. The van der Waals surface area contributed by atoms with Crippen molar-refractivity contribution in [3.8, 4) is 0 Å². The fraction of sp³-hybridized carbons (Fsp3) is 0.647. The van der Waals surface area contributed by atoms with Crippen LogP contribution in [0.3, 0.4) is 0 Å². The molecule has 2 heteroatoms. The second-order valence-electron chi connectivity index (χ2n) is 5.50. The van der Waals surface area contributed by atoms with E-state index in [0.717, 1.165) is 26.2 Å². The van der Waals surface area contributed by atoms with Gasteiger partial charge in [0.15, 0.2) is 0 Å². The zero-order valence-electron chi connectivity index (χ0n) is 13.5. The molecule has 1 aromatic rings. The van der Waals surface area contributed by atoms with E-state index in [2.05, 4.69) is 63.9 Å². The molecule has 0 aliphatic heterocycles. The number of nitrogens with one attached hydrogen (secondary N) is 1. The van der Waals surface area contributed by atoms with Gasteiger partial charge in [-0.3, -0.25) is 0 Å². The van der Waals surface area contributed by atoms with Crippen molar-refractivity contribution < 1.29 is 0 Å². The molecule has 1 aromatic carbocycles. The minimum atomic E-state index is 0.426. The quantitative estimate of drug-likeness (QED) is 0.807. The van der Waals surface area contributed by atoms with E-state index in [0.29, 0.717) is 6.04 Å². The van der Waals surface area contributed by atoms with E-state index in [9.17, 15) is 0 Å². The molecule has 0 amide bonds. The summed E-state index contributed by atoms with van der Waals surface area (Å²) in [4.78, 5) is 2.45. The van der Waals surface area contributed by atoms with Crippen molar-refractivity contribution in [3.63, 3.8) is 0 Å². The van der Waals surface area contributed by atoms with E-state index < -0.39 is 0 Å². The molecule has 0 saturated heterocycles. The zero-order chi connectivity index (χ0) is 14.4. The number of likely N-dealkylation sites (N-methyl/N-ethyl adjacent to an activating group) is 1. The van der Waals surface area contributed by atoms with Gasteiger partial charge in [-0.05, 0) is 63.0 Å². The van der Waals surface area contributed by atoms with Gasteiger partial charge in [-0.15, -0.1) is 0 Å². The SMILES string of the molecule is CCN(CC)CCNC(C)c1cc(C)c(C)cc1C. The number of hydrogen-bond acceptors (Lipinski definition) is 2. The van der Waals surface area contributed by atoms with Crippen molar-refractivity contribution in [2.45, 2.75) is 47.6 Å². The van der Waals surface area contributed by atoms with E-state index in [-0.39, 0.29) is 0 Å². The molecule has 0 aromatic heterocycles. The molecule has 19 heavy (non-hydrogen) atoms. The molecule has 0 bridgehead atoms. The van der Waals surface area contributed by atoms with Crippen molar-refractivity contribution in [2.75, 3.05) is 26.2 Å². The Morgan fingerprint density at radius 2 is 1.58 bits per heavy atom. The molecule has 0 fully saturated rings. The summed E-state index contributed by atoms with van der Waals surface area (Å²) in [5.41, 5.74) is 5.60. The lowest BCUT2D eigenvalue weighted by molar-refractivity contribution is 0.298. The maximum Gasteiger partial charge on any atom is 0.0295 e. The lowest BCUT2D eigenvalue weighted by Crippen LogP contribution is -2.33. The van der Waals surface area contributed by atoms with Crippen LogP contribution in [0.25, 0.3) is 0 Å². The Bertz CT molecular complexity index is 394. The minimum Gasteiger partial charge on any atom is -0.309 e. The maximum atomic E-state index is 3.64. The molecule has 108 valence electrons. The van der Waals surface area contributed by atoms with Gasteiger partial charge >= 0.3 is 0 Å². The summed E-state index contributed by atoms with van der Waals surface area (Å²) in [6.45, 7) is 17.7. The Morgan fingerprint density at radius 3 is 2.16 bits per heavy atom. The summed E-state index contributed by atoms with van der Waals surface area (Å²) in [6, 6.07) is 5.06. The van der Waals surface area contributed by atoms with E-state index >= 15 is 0 Å². The second kappa shape index (κ2) is 7.66. The Kier molecular flexibility index (Phi) is 6.53. The van der Waals surface area contributed by atoms with E-state index in [1.165, 1.54) is 22.3 Å². The number of benzene rings is 1. The van der Waals surface area contributed by atoms with Crippen LogP contribution in [-0.4, -0.2) is 31.1 Å². The lowest BCUT2D eigenvalue weighted by Gasteiger charge is -2.22. The first-order valence-corrected chi connectivity index (χ1v) is 7.53. The third-order valence-corrected chi connectivity index (χ3v) is 4.12. The number of nitrogens with zero attached hydrogens (tertiary/aromatic N) is 1. The smallest absolute Gasteiger partial charge is 0.0295 e. The minimum absolute atomic E-state index is 0.426. The highest BCUT2D eigenvalue weighted by Crippen LogP contribution is 2.21. The van der Waals surface area contributed by atoms with Gasteiger partial charge in [-0.2, -0.15) is 0 Å². The van der Waals surface area contributed by atoms with Crippen molar-refractivity contribution in [1.29, 1.82) is 0 Å². The van der Waals surface area contributed by atoms with Gasteiger partial charge < -0.3 is 10.2 Å². The predicted octanol–water partition coefficient (Wildman–Crippen LogP) is 3.60. The topological polar surface area (TPSA) is 15.3 Å². The highest BCUT2D eigenvalue weighted by Gasteiger charge is 2.09. The zero-order valence-corrected chi connectivity index (χ0v) is 13.5. The Balaban J connectivity index is 2.58. The average Bonchev–Trinajstić information content (AvgIpc) is 2.38. The molecule has 1 rings (SSSR count). The molecule has 0 radical (unpaired) electrons. The van der Waals surface area contributed by atoms with Gasteiger partial charge in [0.05, 0.1) is 0 Å². The second-order valence-corrected chi connectivity index (χ2v) is 5.50. The van der Waals surface area contributed by atoms with Crippen LogP contribution < -0.4 is 5.32 Å². The predicted molar refractivity (Wildman–Crippen MR) is 84.9 cm³/mol. The molecule has 0 saturated carbocycles. The van der Waals surface area contributed by atoms with Gasteiger partial charge in [0.2, 0.25) is 0 Å². The highest BCUT2D eigenvalue weighted by atomic mass is 15.1. The van der Waals surface area contributed by atoms with Crippen LogP contribution in [-0.2, 0) is 0 Å². The maximum absolute atomic E-state index is 3.64. The van der Waals surface area contributed by atoms with E-state index in [1.807, 2.05) is 0 Å². The molecule has 1 N–H and O–H groups in total. The van der Waals surface area contributed by atoms with Crippen LogP contribution in [0.4, 0.5) is 0 Å². The first-order chi connectivity index (χ1) is 8.99. The van der Waals surface area contributed by atoms with Gasteiger partial charge in [0, 0.05) is 19.1 Å². The van der Waals surface area contributed by atoms with Crippen molar-refractivity contribution in [2.24, 2.45) is 0 Å². The van der Waals surface area contributed by atoms with Crippen LogP contribution >= 0.6 is 0 Å². The number of hydrogen-bond donors (Lipinski definition) is 1. The molecule has 1 atom stereocenters. The summed E-state index contributed by atoms with van der Waals surface area (Å²) < 4.78 is 0. The van der Waals surface area contributed by atoms with Crippen LogP contribution in [0.5, 0.6) is 0 Å². The van der Waals surface area contributed by atoms with Crippen molar-refractivity contribution >= 4 is 0 Å².